The van der Waals surface area contributed by atoms with E-state index in [0.717, 1.165) is 25.5 Å². The highest BCUT2D eigenvalue weighted by Gasteiger charge is 2.67. The van der Waals surface area contributed by atoms with Crippen molar-refractivity contribution in [3.8, 4) is 0 Å². The molecular formula is C24H39NO7S. The van der Waals surface area contributed by atoms with Crippen LogP contribution in [0.25, 0.3) is 0 Å². The van der Waals surface area contributed by atoms with Crippen molar-refractivity contribution in [3.05, 3.63) is 0 Å². The van der Waals surface area contributed by atoms with Gasteiger partial charge in [-0.05, 0) is 50.4 Å². The van der Waals surface area contributed by atoms with E-state index in [1.54, 1.807) is 0 Å². The van der Waals surface area contributed by atoms with Crippen LogP contribution in [-0.4, -0.2) is 43.1 Å². The van der Waals surface area contributed by atoms with E-state index in [4.69, 9.17) is 4.74 Å². The lowest BCUT2D eigenvalue weighted by atomic mass is 9.66. The SMILES string of the molecule is CC(=O)OC1(C)C(C)C2(C)CCC1(C)C2.CCC1CCCC2C(=O)N(OS(C)(=O)=O)C(=O)C12. The van der Waals surface area contributed by atoms with Gasteiger partial charge in [0.05, 0.1) is 18.1 Å². The summed E-state index contributed by atoms with van der Waals surface area (Å²) in [5.74, 6) is -1.34. The summed E-state index contributed by atoms with van der Waals surface area (Å²) in [7, 11) is -3.86. The van der Waals surface area contributed by atoms with E-state index < -0.39 is 33.8 Å². The number of hydrogen-bond donors (Lipinski definition) is 0. The molecule has 1 aliphatic heterocycles. The van der Waals surface area contributed by atoms with Crippen LogP contribution in [0.4, 0.5) is 0 Å². The Morgan fingerprint density at radius 1 is 1.12 bits per heavy atom. The molecule has 2 amide bonds. The van der Waals surface area contributed by atoms with Gasteiger partial charge in [-0.1, -0.05) is 40.5 Å². The molecule has 8 nitrogen and oxygen atoms in total. The Hall–Kier alpha value is -1.48. The van der Waals surface area contributed by atoms with E-state index in [-0.39, 0.29) is 22.9 Å². The summed E-state index contributed by atoms with van der Waals surface area (Å²) in [4.78, 5) is 35.4. The van der Waals surface area contributed by atoms with Gasteiger partial charge in [0.2, 0.25) is 0 Å². The molecule has 7 atom stereocenters. The Kier molecular flexibility index (Phi) is 6.83. The van der Waals surface area contributed by atoms with Crippen molar-refractivity contribution in [2.45, 2.75) is 92.1 Å². The number of carbonyl (C=O) groups excluding carboxylic acids is 3. The normalized spacial score (nSPS) is 42.1. The zero-order chi connectivity index (χ0) is 25.0. The number of nitrogens with zero attached hydrogens (tertiary/aromatic N) is 1. The minimum absolute atomic E-state index is 0.137. The molecule has 33 heavy (non-hydrogen) atoms. The summed E-state index contributed by atoms with van der Waals surface area (Å²) < 4.78 is 32.3. The van der Waals surface area contributed by atoms with Gasteiger partial charge in [-0.3, -0.25) is 14.4 Å². The lowest BCUT2D eigenvalue weighted by molar-refractivity contribution is -0.178. The maximum Gasteiger partial charge on any atom is 0.303 e. The minimum Gasteiger partial charge on any atom is -0.459 e. The fourth-order valence-electron chi connectivity index (χ4n) is 7.12. The average Bonchev–Trinajstić information content (AvgIpc) is 3.21. The standard InChI is InChI=1S/C13H22O2.C11H17NO5S/c1-9-11(3)6-7-12(4,8-11)13(9,5)15-10(2)14;1-3-7-5-4-6-8-9(7)11(14)12(10(8)13)17-18(2,15)16/h9H,6-8H2,1-5H3;7-9H,3-6H2,1-2H3. The van der Waals surface area contributed by atoms with Gasteiger partial charge in [-0.25, -0.2) is 0 Å². The summed E-state index contributed by atoms with van der Waals surface area (Å²) in [6, 6.07) is 0. The third kappa shape index (κ3) is 4.47. The molecule has 3 aliphatic carbocycles. The quantitative estimate of drug-likeness (QED) is 0.440. The lowest BCUT2D eigenvalue weighted by Gasteiger charge is -2.46. The molecule has 0 aromatic heterocycles. The van der Waals surface area contributed by atoms with Crippen molar-refractivity contribution in [3.63, 3.8) is 0 Å². The zero-order valence-electron chi connectivity index (χ0n) is 21.0. The van der Waals surface area contributed by atoms with Crippen molar-refractivity contribution in [1.82, 2.24) is 5.06 Å². The lowest BCUT2D eigenvalue weighted by Crippen LogP contribution is -2.50. The van der Waals surface area contributed by atoms with Gasteiger partial charge in [-0.15, -0.1) is 9.35 Å². The first kappa shape index (κ1) is 26.1. The van der Waals surface area contributed by atoms with Crippen LogP contribution in [0.5, 0.6) is 0 Å². The number of ether oxygens (including phenoxy) is 1. The summed E-state index contributed by atoms with van der Waals surface area (Å²) in [5, 5.41) is 0.457. The fraction of sp³-hybridized carbons (Fsp3) is 0.875. The highest BCUT2D eigenvalue weighted by molar-refractivity contribution is 7.85. The number of amides is 2. The Morgan fingerprint density at radius 2 is 1.76 bits per heavy atom. The molecule has 0 N–H and O–H groups in total. The number of hydroxylamine groups is 2. The van der Waals surface area contributed by atoms with Crippen LogP contribution >= 0.6 is 0 Å². The maximum atomic E-state index is 12.1. The molecule has 4 fully saturated rings. The highest BCUT2D eigenvalue weighted by atomic mass is 32.2. The second-order valence-electron chi connectivity index (χ2n) is 11.3. The van der Waals surface area contributed by atoms with E-state index in [9.17, 15) is 22.8 Å². The van der Waals surface area contributed by atoms with Gasteiger partial charge >= 0.3 is 5.97 Å². The summed E-state index contributed by atoms with van der Waals surface area (Å²) in [5.41, 5.74) is 0.303. The van der Waals surface area contributed by atoms with Crippen molar-refractivity contribution in [2.75, 3.05) is 6.26 Å². The molecule has 1 saturated heterocycles. The van der Waals surface area contributed by atoms with Crippen molar-refractivity contribution >= 4 is 27.9 Å². The van der Waals surface area contributed by atoms with E-state index in [0.29, 0.717) is 22.8 Å². The van der Waals surface area contributed by atoms with Crippen LogP contribution in [0, 0.1) is 34.5 Å². The van der Waals surface area contributed by atoms with E-state index >= 15 is 0 Å². The van der Waals surface area contributed by atoms with Crippen LogP contribution < -0.4 is 0 Å². The second kappa shape index (κ2) is 8.63. The first-order valence-electron chi connectivity index (χ1n) is 12.1. The smallest absolute Gasteiger partial charge is 0.303 e. The molecule has 0 radical (unpaired) electrons. The number of esters is 1. The Morgan fingerprint density at radius 3 is 2.24 bits per heavy atom. The average molecular weight is 486 g/mol. The van der Waals surface area contributed by atoms with Crippen LogP contribution in [0.3, 0.4) is 0 Å². The molecule has 0 spiro atoms. The van der Waals surface area contributed by atoms with Gasteiger partial charge in [-0.2, -0.15) is 8.42 Å². The number of rotatable bonds is 4. The van der Waals surface area contributed by atoms with Gasteiger partial charge in [0, 0.05) is 18.3 Å². The van der Waals surface area contributed by atoms with Gasteiger partial charge < -0.3 is 4.74 Å². The van der Waals surface area contributed by atoms with Crippen molar-refractivity contribution < 1.29 is 31.8 Å². The van der Waals surface area contributed by atoms with Crippen LogP contribution in [-0.2, 0) is 33.5 Å². The molecule has 188 valence electrons. The molecule has 9 heteroatoms. The molecule has 3 saturated carbocycles. The van der Waals surface area contributed by atoms with E-state index in [1.165, 1.54) is 26.2 Å². The Balaban J connectivity index is 0.000000189. The predicted molar refractivity (Wildman–Crippen MR) is 122 cm³/mol. The van der Waals surface area contributed by atoms with Crippen LogP contribution in [0.2, 0.25) is 0 Å². The molecule has 2 bridgehead atoms. The topological polar surface area (TPSA) is 107 Å². The van der Waals surface area contributed by atoms with Gasteiger partial charge in [0.25, 0.3) is 21.9 Å². The number of fused-ring (bicyclic) bond motifs is 3. The van der Waals surface area contributed by atoms with E-state index in [2.05, 4.69) is 32.0 Å². The maximum absolute atomic E-state index is 12.1. The largest absolute Gasteiger partial charge is 0.459 e. The highest BCUT2D eigenvalue weighted by Crippen LogP contribution is 2.69. The Bertz CT molecular complexity index is 933. The minimum atomic E-state index is -3.86. The molecule has 0 aromatic carbocycles. The predicted octanol–water partition coefficient (Wildman–Crippen LogP) is 3.84. The van der Waals surface area contributed by atoms with Crippen molar-refractivity contribution in [2.24, 2.45) is 34.5 Å². The first-order chi connectivity index (χ1) is 15.1. The van der Waals surface area contributed by atoms with Crippen LogP contribution in [0.15, 0.2) is 0 Å². The molecule has 7 unspecified atom stereocenters. The molecule has 4 aliphatic rings. The number of carbonyl (C=O) groups is 3. The number of hydrogen-bond acceptors (Lipinski definition) is 7. The summed E-state index contributed by atoms with van der Waals surface area (Å²) in [6.07, 6.45) is 7.74. The third-order valence-electron chi connectivity index (χ3n) is 9.24. The van der Waals surface area contributed by atoms with Gasteiger partial charge in [0.1, 0.15) is 5.60 Å². The second-order valence-corrected chi connectivity index (χ2v) is 12.9. The van der Waals surface area contributed by atoms with Crippen LogP contribution in [0.1, 0.15) is 86.5 Å². The summed E-state index contributed by atoms with van der Waals surface area (Å²) >= 11 is 0. The fourth-order valence-corrected chi connectivity index (χ4v) is 7.54. The molecular weight excluding hydrogens is 446 g/mol. The number of imide groups is 1. The van der Waals surface area contributed by atoms with E-state index in [1.807, 2.05) is 6.92 Å². The third-order valence-corrected chi connectivity index (χ3v) is 9.66. The first-order valence-corrected chi connectivity index (χ1v) is 13.9. The molecule has 0 aromatic rings. The molecule has 4 rings (SSSR count). The molecule has 1 heterocycles. The van der Waals surface area contributed by atoms with Crippen molar-refractivity contribution in [1.29, 1.82) is 0 Å². The van der Waals surface area contributed by atoms with Gasteiger partial charge in [0.15, 0.2) is 0 Å². The summed E-state index contributed by atoms with van der Waals surface area (Å²) in [6.45, 7) is 12.5. The monoisotopic (exact) mass is 485 g/mol. The zero-order valence-corrected chi connectivity index (χ0v) is 21.8. The Labute approximate surface area is 197 Å².